The zero-order valence-corrected chi connectivity index (χ0v) is 14.6. The minimum absolute atomic E-state index is 0.0154. The summed E-state index contributed by atoms with van der Waals surface area (Å²) in [5.41, 5.74) is -0.00325. The molecule has 0 spiro atoms. The molecule has 2 N–H and O–H groups in total. The highest BCUT2D eigenvalue weighted by Gasteiger charge is 2.11. The van der Waals surface area contributed by atoms with Crippen LogP contribution >= 0.6 is 23.1 Å². The van der Waals surface area contributed by atoms with Crippen molar-refractivity contribution in [3.05, 3.63) is 55.7 Å². The minimum atomic E-state index is -0.530. The number of carbonyl (C=O) groups excluding carboxylic acids is 1. The first kappa shape index (κ1) is 17.1. The monoisotopic (exact) mass is 376 g/mol. The van der Waals surface area contributed by atoms with Crippen LogP contribution in [0.2, 0.25) is 0 Å². The van der Waals surface area contributed by atoms with Crippen molar-refractivity contribution in [1.29, 1.82) is 0 Å². The number of rotatable bonds is 5. The minimum Gasteiger partial charge on any atom is -0.325 e. The SMILES string of the molecule is Cc1cc2c(=O)[nH]c(SCC(=O)Nc3cccc([N+](=O)[O-])c3)nc2s1. The summed E-state index contributed by atoms with van der Waals surface area (Å²) in [6.45, 7) is 1.89. The summed E-state index contributed by atoms with van der Waals surface area (Å²) in [5, 5.41) is 14.2. The summed E-state index contributed by atoms with van der Waals surface area (Å²) in [6.07, 6.45) is 0. The second-order valence-electron chi connectivity index (χ2n) is 5.09. The molecule has 3 rings (SSSR count). The number of carbonyl (C=O) groups is 1. The van der Waals surface area contributed by atoms with Crippen LogP contribution in [0.15, 0.2) is 40.3 Å². The zero-order valence-electron chi connectivity index (χ0n) is 12.9. The summed E-state index contributed by atoms with van der Waals surface area (Å²) in [7, 11) is 0. The lowest BCUT2D eigenvalue weighted by atomic mass is 10.3. The Balaban J connectivity index is 1.67. The first-order chi connectivity index (χ1) is 11.9. The number of nitro benzene ring substituents is 1. The van der Waals surface area contributed by atoms with E-state index in [-0.39, 0.29) is 22.9 Å². The lowest BCUT2D eigenvalue weighted by Gasteiger charge is -2.04. The first-order valence-corrected chi connectivity index (χ1v) is 8.90. The Morgan fingerprint density at radius 1 is 1.44 bits per heavy atom. The maximum Gasteiger partial charge on any atom is 0.271 e. The fourth-order valence-electron chi connectivity index (χ4n) is 2.13. The maximum absolute atomic E-state index is 12.0. The van der Waals surface area contributed by atoms with Gasteiger partial charge >= 0.3 is 0 Å². The van der Waals surface area contributed by atoms with Crippen LogP contribution in [0.3, 0.4) is 0 Å². The summed E-state index contributed by atoms with van der Waals surface area (Å²) >= 11 is 2.50. The number of aromatic nitrogens is 2. The summed E-state index contributed by atoms with van der Waals surface area (Å²) in [4.78, 5) is 42.8. The Morgan fingerprint density at radius 2 is 2.24 bits per heavy atom. The van der Waals surface area contributed by atoms with Crippen molar-refractivity contribution in [3.63, 3.8) is 0 Å². The molecule has 0 radical (unpaired) electrons. The summed E-state index contributed by atoms with van der Waals surface area (Å²) < 4.78 is 0. The number of nitro groups is 1. The number of aromatic amines is 1. The van der Waals surface area contributed by atoms with Gasteiger partial charge in [0.05, 0.1) is 16.1 Å². The van der Waals surface area contributed by atoms with Gasteiger partial charge in [-0.2, -0.15) is 0 Å². The van der Waals surface area contributed by atoms with Crippen molar-refractivity contribution in [1.82, 2.24) is 9.97 Å². The third-order valence-corrected chi connectivity index (χ3v) is 5.00. The summed E-state index contributed by atoms with van der Waals surface area (Å²) in [6, 6.07) is 7.46. The van der Waals surface area contributed by atoms with Gasteiger partial charge in [-0.3, -0.25) is 19.7 Å². The number of non-ortho nitro benzene ring substituents is 1. The second kappa shape index (κ2) is 7.03. The van der Waals surface area contributed by atoms with Gasteiger partial charge < -0.3 is 10.3 Å². The number of hydrogen-bond donors (Lipinski definition) is 2. The molecule has 8 nitrogen and oxygen atoms in total. The Hall–Kier alpha value is -2.72. The number of thioether (sulfide) groups is 1. The van der Waals surface area contributed by atoms with Gasteiger partial charge in [0.1, 0.15) is 4.83 Å². The molecule has 0 saturated carbocycles. The van der Waals surface area contributed by atoms with E-state index in [0.717, 1.165) is 16.6 Å². The Kier molecular flexibility index (Phi) is 4.81. The van der Waals surface area contributed by atoms with Crippen molar-refractivity contribution in [2.24, 2.45) is 0 Å². The quantitative estimate of drug-likeness (QED) is 0.306. The largest absolute Gasteiger partial charge is 0.325 e. The number of anilines is 1. The second-order valence-corrected chi connectivity index (χ2v) is 7.29. The molecule has 1 amide bonds. The summed E-state index contributed by atoms with van der Waals surface area (Å²) in [5.74, 6) is -0.336. The molecule has 25 heavy (non-hydrogen) atoms. The van der Waals surface area contributed by atoms with E-state index in [1.807, 2.05) is 6.92 Å². The molecular formula is C15H12N4O4S2. The topological polar surface area (TPSA) is 118 Å². The molecule has 0 aliphatic heterocycles. The Labute approximate surface area is 149 Å². The third kappa shape index (κ3) is 4.03. The van der Waals surface area contributed by atoms with Crippen molar-refractivity contribution < 1.29 is 9.72 Å². The standard InChI is InChI=1S/C15H12N4O4S2/c1-8-5-11-13(21)17-15(18-14(11)25-8)24-7-12(20)16-9-3-2-4-10(6-9)19(22)23/h2-6H,7H2,1H3,(H,16,20)(H,17,18,21). The number of thiophene rings is 1. The van der Waals surface area contributed by atoms with Crippen LogP contribution in [0.4, 0.5) is 11.4 Å². The molecule has 2 aromatic heterocycles. The van der Waals surface area contributed by atoms with E-state index in [4.69, 9.17) is 0 Å². The molecule has 0 fully saturated rings. The van der Waals surface area contributed by atoms with E-state index >= 15 is 0 Å². The predicted octanol–water partition coefficient (Wildman–Crippen LogP) is 2.93. The van der Waals surface area contributed by atoms with E-state index in [2.05, 4.69) is 15.3 Å². The fraction of sp³-hybridized carbons (Fsp3) is 0.133. The molecule has 3 aromatic rings. The smallest absolute Gasteiger partial charge is 0.271 e. The molecule has 0 aliphatic carbocycles. The van der Waals surface area contributed by atoms with E-state index in [1.165, 1.54) is 29.5 Å². The van der Waals surface area contributed by atoms with Crippen LogP contribution < -0.4 is 10.9 Å². The highest BCUT2D eigenvalue weighted by atomic mass is 32.2. The van der Waals surface area contributed by atoms with Gasteiger partial charge in [-0.05, 0) is 19.1 Å². The van der Waals surface area contributed by atoms with Crippen LogP contribution in [-0.2, 0) is 4.79 Å². The number of hydrogen-bond acceptors (Lipinski definition) is 7. The van der Waals surface area contributed by atoms with Gasteiger partial charge in [0.2, 0.25) is 5.91 Å². The van der Waals surface area contributed by atoms with Gasteiger partial charge in [-0.15, -0.1) is 11.3 Å². The maximum atomic E-state index is 12.0. The van der Waals surface area contributed by atoms with E-state index in [9.17, 15) is 19.7 Å². The fourth-order valence-corrected chi connectivity index (χ4v) is 3.73. The molecule has 128 valence electrons. The number of benzene rings is 1. The average Bonchev–Trinajstić information content (AvgIpc) is 2.94. The lowest BCUT2D eigenvalue weighted by molar-refractivity contribution is -0.384. The molecule has 0 saturated heterocycles. The van der Waals surface area contributed by atoms with Gasteiger partial charge in [0, 0.05) is 22.7 Å². The highest BCUT2D eigenvalue weighted by Crippen LogP contribution is 2.23. The number of nitrogens with one attached hydrogen (secondary N) is 2. The molecule has 0 atom stereocenters. The molecule has 1 aromatic carbocycles. The average molecular weight is 376 g/mol. The number of fused-ring (bicyclic) bond motifs is 1. The number of nitrogens with zero attached hydrogens (tertiary/aromatic N) is 2. The van der Waals surface area contributed by atoms with Crippen LogP contribution in [0, 0.1) is 17.0 Å². The number of amides is 1. The van der Waals surface area contributed by atoms with Crippen molar-refractivity contribution in [2.45, 2.75) is 12.1 Å². The van der Waals surface area contributed by atoms with Crippen LogP contribution in [0.25, 0.3) is 10.2 Å². The van der Waals surface area contributed by atoms with Crippen LogP contribution in [0.1, 0.15) is 4.88 Å². The van der Waals surface area contributed by atoms with Crippen molar-refractivity contribution >= 4 is 50.6 Å². The molecular weight excluding hydrogens is 364 g/mol. The van der Waals surface area contributed by atoms with E-state index in [1.54, 1.807) is 12.1 Å². The van der Waals surface area contributed by atoms with Crippen molar-refractivity contribution in [2.75, 3.05) is 11.1 Å². The molecule has 10 heteroatoms. The van der Waals surface area contributed by atoms with Crippen molar-refractivity contribution in [3.8, 4) is 0 Å². The molecule has 0 bridgehead atoms. The predicted molar refractivity (Wildman–Crippen MR) is 97.4 cm³/mol. The Morgan fingerprint density at radius 3 is 3.00 bits per heavy atom. The van der Waals surface area contributed by atoms with Gasteiger partial charge in [-0.25, -0.2) is 4.98 Å². The van der Waals surface area contributed by atoms with Gasteiger partial charge in [-0.1, -0.05) is 17.8 Å². The normalized spacial score (nSPS) is 10.8. The van der Waals surface area contributed by atoms with E-state index in [0.29, 0.717) is 21.1 Å². The molecule has 0 aliphatic rings. The van der Waals surface area contributed by atoms with Gasteiger partial charge in [0.15, 0.2) is 5.16 Å². The lowest BCUT2D eigenvalue weighted by Crippen LogP contribution is -2.15. The number of H-pyrrole nitrogens is 1. The first-order valence-electron chi connectivity index (χ1n) is 7.10. The molecule has 0 unspecified atom stereocenters. The van der Waals surface area contributed by atoms with Crippen LogP contribution in [0.5, 0.6) is 0 Å². The zero-order chi connectivity index (χ0) is 18.0. The van der Waals surface area contributed by atoms with Gasteiger partial charge in [0.25, 0.3) is 11.2 Å². The van der Waals surface area contributed by atoms with Crippen LogP contribution in [-0.4, -0.2) is 26.6 Å². The molecule has 2 heterocycles. The third-order valence-electron chi connectivity index (χ3n) is 3.18. The number of aryl methyl sites for hydroxylation is 1. The Bertz CT molecular complexity index is 1030. The van der Waals surface area contributed by atoms with E-state index < -0.39 is 4.92 Å². The highest BCUT2D eigenvalue weighted by molar-refractivity contribution is 7.99.